The number of fused-ring (bicyclic) bond motifs is 1. The van der Waals surface area contributed by atoms with Crippen LogP contribution < -0.4 is 0 Å². The number of Topliss-reactive ketones (excluding diaryl/α,β-unsaturated/α-hetero) is 1. The van der Waals surface area contributed by atoms with E-state index in [0.29, 0.717) is 17.6 Å². The highest BCUT2D eigenvalue weighted by atomic mass is 16.1. The van der Waals surface area contributed by atoms with Gasteiger partial charge in [0.2, 0.25) is 0 Å². The van der Waals surface area contributed by atoms with Gasteiger partial charge in [-0.2, -0.15) is 0 Å². The molecule has 3 aliphatic rings. The van der Waals surface area contributed by atoms with Crippen LogP contribution in [0.2, 0.25) is 0 Å². The van der Waals surface area contributed by atoms with Crippen LogP contribution in [0.1, 0.15) is 25.7 Å². The number of hydrogen-bond donors (Lipinski definition) is 0. The SMILES string of the molecule is O=C1C2CCC3CC(C2)C13. The Balaban J connectivity index is 2.03. The van der Waals surface area contributed by atoms with E-state index in [1.807, 2.05) is 0 Å². The van der Waals surface area contributed by atoms with Gasteiger partial charge < -0.3 is 0 Å². The molecule has 3 aliphatic carbocycles. The maximum absolute atomic E-state index is 11.4. The van der Waals surface area contributed by atoms with Crippen molar-refractivity contribution in [3.05, 3.63) is 0 Å². The molecular weight excluding hydrogens is 124 g/mol. The van der Waals surface area contributed by atoms with Crippen LogP contribution in [0.3, 0.4) is 0 Å². The lowest BCUT2D eigenvalue weighted by Gasteiger charge is -2.40. The number of carbonyl (C=O) groups is 1. The lowest BCUT2D eigenvalue weighted by molar-refractivity contribution is -0.132. The lowest BCUT2D eigenvalue weighted by Crippen LogP contribution is -2.39. The Labute approximate surface area is 60.8 Å². The first-order valence-corrected chi connectivity index (χ1v) is 4.40. The molecule has 54 valence electrons. The normalized spacial score (nSPS) is 56.6. The van der Waals surface area contributed by atoms with Gasteiger partial charge in [-0.05, 0) is 37.5 Å². The van der Waals surface area contributed by atoms with E-state index in [0.717, 1.165) is 11.8 Å². The molecule has 0 heterocycles. The van der Waals surface area contributed by atoms with Gasteiger partial charge in [0.25, 0.3) is 0 Å². The third kappa shape index (κ3) is 0.415. The predicted octanol–water partition coefficient (Wildman–Crippen LogP) is 1.62. The molecule has 0 aromatic heterocycles. The fourth-order valence-corrected chi connectivity index (χ4v) is 3.31. The van der Waals surface area contributed by atoms with Crippen molar-refractivity contribution in [3.63, 3.8) is 0 Å². The van der Waals surface area contributed by atoms with E-state index < -0.39 is 0 Å². The van der Waals surface area contributed by atoms with Crippen molar-refractivity contribution in [2.75, 3.05) is 0 Å². The molecule has 4 unspecified atom stereocenters. The van der Waals surface area contributed by atoms with Gasteiger partial charge in [-0.1, -0.05) is 0 Å². The molecular formula is C9H12O. The summed E-state index contributed by atoms with van der Waals surface area (Å²) >= 11 is 0. The van der Waals surface area contributed by atoms with Crippen LogP contribution >= 0.6 is 0 Å². The molecule has 3 saturated carbocycles. The third-order valence-corrected chi connectivity index (χ3v) is 3.83. The first-order chi connectivity index (χ1) is 4.86. The fraction of sp³-hybridized carbons (Fsp3) is 0.889. The molecule has 0 aliphatic heterocycles. The Morgan fingerprint density at radius 1 is 1.10 bits per heavy atom. The Hall–Kier alpha value is -0.330. The molecule has 0 saturated heterocycles. The minimum absolute atomic E-state index is 0.508. The Morgan fingerprint density at radius 3 is 2.80 bits per heavy atom. The molecule has 0 N–H and O–H groups in total. The first-order valence-electron chi connectivity index (χ1n) is 4.40. The Bertz CT molecular complexity index is 190. The summed E-state index contributed by atoms with van der Waals surface area (Å²) in [4.78, 5) is 11.4. The average Bonchev–Trinajstić information content (AvgIpc) is 2.08. The molecule has 0 radical (unpaired) electrons. The van der Waals surface area contributed by atoms with Gasteiger partial charge in [-0.3, -0.25) is 4.79 Å². The van der Waals surface area contributed by atoms with Crippen LogP contribution in [0.5, 0.6) is 0 Å². The van der Waals surface area contributed by atoms with Crippen molar-refractivity contribution in [3.8, 4) is 0 Å². The zero-order valence-corrected chi connectivity index (χ0v) is 6.05. The molecule has 0 spiro atoms. The Morgan fingerprint density at radius 2 is 2.00 bits per heavy atom. The van der Waals surface area contributed by atoms with E-state index in [1.165, 1.54) is 25.7 Å². The summed E-state index contributed by atoms with van der Waals surface area (Å²) in [5.41, 5.74) is 0. The third-order valence-electron chi connectivity index (χ3n) is 3.83. The molecule has 4 atom stereocenters. The zero-order chi connectivity index (χ0) is 6.72. The second-order valence-electron chi connectivity index (χ2n) is 4.19. The van der Waals surface area contributed by atoms with Gasteiger partial charge in [0.1, 0.15) is 5.78 Å². The summed E-state index contributed by atoms with van der Waals surface area (Å²) in [5.74, 6) is 3.36. The van der Waals surface area contributed by atoms with Crippen LogP contribution in [-0.4, -0.2) is 5.78 Å². The second kappa shape index (κ2) is 1.46. The van der Waals surface area contributed by atoms with Crippen molar-refractivity contribution in [2.45, 2.75) is 25.7 Å². The lowest BCUT2D eigenvalue weighted by atomic mass is 9.63. The number of carbonyl (C=O) groups excluding carboxylic acids is 1. The van der Waals surface area contributed by atoms with Crippen molar-refractivity contribution in [2.24, 2.45) is 23.7 Å². The van der Waals surface area contributed by atoms with Gasteiger partial charge in [-0.15, -0.1) is 0 Å². The number of rotatable bonds is 0. The van der Waals surface area contributed by atoms with Crippen LogP contribution in [0.25, 0.3) is 0 Å². The van der Waals surface area contributed by atoms with E-state index in [2.05, 4.69) is 0 Å². The predicted molar refractivity (Wildman–Crippen MR) is 37.4 cm³/mol. The first kappa shape index (κ1) is 5.34. The summed E-state index contributed by atoms with van der Waals surface area (Å²) < 4.78 is 0. The van der Waals surface area contributed by atoms with Crippen molar-refractivity contribution in [1.29, 1.82) is 0 Å². The second-order valence-corrected chi connectivity index (χ2v) is 4.19. The van der Waals surface area contributed by atoms with E-state index in [9.17, 15) is 4.79 Å². The molecule has 1 heteroatoms. The summed E-state index contributed by atoms with van der Waals surface area (Å²) in [6, 6.07) is 0. The number of ketones is 1. The van der Waals surface area contributed by atoms with Gasteiger partial charge in [0, 0.05) is 11.8 Å². The maximum atomic E-state index is 11.4. The highest BCUT2D eigenvalue weighted by molar-refractivity contribution is 5.88. The topological polar surface area (TPSA) is 17.1 Å². The average molecular weight is 136 g/mol. The molecule has 0 amide bonds. The largest absolute Gasteiger partial charge is 0.299 e. The summed E-state index contributed by atoms with van der Waals surface area (Å²) in [6.45, 7) is 0. The number of hydrogen-bond acceptors (Lipinski definition) is 1. The highest BCUT2D eigenvalue weighted by Crippen LogP contribution is 2.57. The van der Waals surface area contributed by atoms with Crippen LogP contribution in [-0.2, 0) is 4.79 Å². The monoisotopic (exact) mass is 136 g/mol. The smallest absolute Gasteiger partial charge is 0.139 e. The molecule has 3 rings (SSSR count). The van der Waals surface area contributed by atoms with Crippen LogP contribution in [0.4, 0.5) is 0 Å². The van der Waals surface area contributed by atoms with Gasteiger partial charge in [0.05, 0.1) is 0 Å². The minimum Gasteiger partial charge on any atom is -0.299 e. The zero-order valence-electron chi connectivity index (χ0n) is 6.05. The summed E-state index contributed by atoms with van der Waals surface area (Å²) in [6.07, 6.45) is 5.21. The van der Waals surface area contributed by atoms with Gasteiger partial charge >= 0.3 is 0 Å². The highest BCUT2D eigenvalue weighted by Gasteiger charge is 2.56. The van der Waals surface area contributed by atoms with E-state index in [1.54, 1.807) is 0 Å². The van der Waals surface area contributed by atoms with Crippen LogP contribution in [0, 0.1) is 23.7 Å². The van der Waals surface area contributed by atoms with Gasteiger partial charge in [-0.25, -0.2) is 0 Å². The molecule has 1 nitrogen and oxygen atoms in total. The van der Waals surface area contributed by atoms with E-state index in [-0.39, 0.29) is 0 Å². The van der Waals surface area contributed by atoms with E-state index >= 15 is 0 Å². The quantitative estimate of drug-likeness (QED) is 0.494. The molecule has 3 fully saturated rings. The molecule has 10 heavy (non-hydrogen) atoms. The summed E-state index contributed by atoms with van der Waals surface area (Å²) in [5, 5.41) is 0. The van der Waals surface area contributed by atoms with Crippen molar-refractivity contribution < 1.29 is 4.79 Å². The fourth-order valence-electron chi connectivity index (χ4n) is 3.31. The van der Waals surface area contributed by atoms with E-state index in [4.69, 9.17) is 0 Å². The van der Waals surface area contributed by atoms with Crippen molar-refractivity contribution >= 4 is 5.78 Å². The van der Waals surface area contributed by atoms with Crippen LogP contribution in [0.15, 0.2) is 0 Å². The molecule has 2 bridgehead atoms. The minimum atomic E-state index is 0.508. The summed E-state index contributed by atoms with van der Waals surface area (Å²) in [7, 11) is 0. The van der Waals surface area contributed by atoms with Crippen molar-refractivity contribution in [1.82, 2.24) is 0 Å². The van der Waals surface area contributed by atoms with Gasteiger partial charge in [0.15, 0.2) is 0 Å². The maximum Gasteiger partial charge on any atom is 0.139 e. The molecule has 0 aromatic carbocycles. The molecule has 0 aromatic rings. The Kier molecular flexibility index (Phi) is 0.781. The standard InChI is InChI=1S/C9H12O/c10-9-6-2-1-5-3-7(4-6)8(5)9/h5-8H,1-4H2.